The van der Waals surface area contributed by atoms with Crippen LogP contribution in [0.15, 0.2) is 42.7 Å². The zero-order chi connectivity index (χ0) is 14.4. The lowest BCUT2D eigenvalue weighted by atomic mass is 10.3. The fraction of sp³-hybridized carbons (Fsp3) is 0.214. The van der Waals surface area contributed by atoms with Gasteiger partial charge in [0.2, 0.25) is 5.91 Å². The number of aromatic nitrogens is 2. The van der Waals surface area contributed by atoms with E-state index in [2.05, 4.69) is 15.7 Å². The zero-order valence-electron chi connectivity index (χ0n) is 11.2. The second-order valence-corrected chi connectivity index (χ2v) is 4.25. The van der Waals surface area contributed by atoms with E-state index in [1.165, 1.54) is 13.1 Å². The molecular formula is C14H16N4O2. The number of para-hydroxylation sites is 1. The molecule has 20 heavy (non-hydrogen) atoms. The highest BCUT2D eigenvalue weighted by atomic mass is 16.2. The molecule has 0 saturated heterocycles. The molecule has 1 heterocycles. The van der Waals surface area contributed by atoms with Crippen molar-refractivity contribution < 1.29 is 9.59 Å². The molecule has 0 aliphatic carbocycles. The summed E-state index contributed by atoms with van der Waals surface area (Å²) in [6, 6.07) is 9.55. The Morgan fingerprint density at radius 2 is 1.85 bits per heavy atom. The predicted molar refractivity (Wildman–Crippen MR) is 74.6 cm³/mol. The standard InChI is InChI=1S/C14H16N4O2/c1-11(19)15-7-8-16-14(20)12-9-17-18(10-12)13-5-3-2-4-6-13/h2-6,9-10H,7-8H2,1H3,(H,15,19)(H,16,20). The molecule has 2 rings (SSSR count). The lowest BCUT2D eigenvalue weighted by Crippen LogP contribution is -2.33. The van der Waals surface area contributed by atoms with Crippen LogP contribution in [0, 0.1) is 0 Å². The number of rotatable bonds is 5. The maximum Gasteiger partial charge on any atom is 0.254 e. The van der Waals surface area contributed by atoms with Crippen LogP contribution in [-0.4, -0.2) is 34.7 Å². The van der Waals surface area contributed by atoms with Gasteiger partial charge in [0.05, 0.1) is 17.4 Å². The number of hydrogen-bond donors (Lipinski definition) is 2. The third-order valence-corrected chi connectivity index (χ3v) is 2.65. The Kier molecular flexibility index (Phi) is 4.49. The monoisotopic (exact) mass is 272 g/mol. The largest absolute Gasteiger partial charge is 0.355 e. The van der Waals surface area contributed by atoms with E-state index in [1.54, 1.807) is 10.9 Å². The normalized spacial score (nSPS) is 10.1. The van der Waals surface area contributed by atoms with Crippen molar-refractivity contribution in [3.63, 3.8) is 0 Å². The van der Waals surface area contributed by atoms with Crippen molar-refractivity contribution in [2.45, 2.75) is 6.92 Å². The highest BCUT2D eigenvalue weighted by Gasteiger charge is 2.08. The van der Waals surface area contributed by atoms with Gasteiger partial charge < -0.3 is 10.6 Å². The van der Waals surface area contributed by atoms with Crippen molar-refractivity contribution >= 4 is 11.8 Å². The first-order chi connectivity index (χ1) is 9.66. The molecule has 0 fully saturated rings. The third-order valence-electron chi connectivity index (χ3n) is 2.65. The Morgan fingerprint density at radius 3 is 2.55 bits per heavy atom. The summed E-state index contributed by atoms with van der Waals surface area (Å²) in [5.41, 5.74) is 1.38. The van der Waals surface area contributed by atoms with Crippen molar-refractivity contribution in [3.8, 4) is 5.69 Å². The van der Waals surface area contributed by atoms with Gasteiger partial charge in [0.1, 0.15) is 0 Å². The van der Waals surface area contributed by atoms with E-state index in [0.717, 1.165) is 5.69 Å². The number of benzene rings is 1. The second-order valence-electron chi connectivity index (χ2n) is 4.25. The van der Waals surface area contributed by atoms with Crippen molar-refractivity contribution in [1.82, 2.24) is 20.4 Å². The maximum absolute atomic E-state index is 11.9. The number of carbonyl (C=O) groups excluding carboxylic acids is 2. The van der Waals surface area contributed by atoms with Crippen LogP contribution in [0.3, 0.4) is 0 Å². The molecule has 6 heteroatoms. The van der Waals surface area contributed by atoms with Gasteiger partial charge in [0.25, 0.3) is 5.91 Å². The quantitative estimate of drug-likeness (QED) is 0.788. The average Bonchev–Trinajstić information content (AvgIpc) is 2.94. The summed E-state index contributed by atoms with van der Waals surface area (Å²) in [5, 5.41) is 9.47. The van der Waals surface area contributed by atoms with E-state index in [-0.39, 0.29) is 11.8 Å². The van der Waals surface area contributed by atoms with Gasteiger partial charge in [-0.2, -0.15) is 5.10 Å². The molecule has 2 N–H and O–H groups in total. The van der Waals surface area contributed by atoms with Crippen molar-refractivity contribution in [3.05, 3.63) is 48.3 Å². The van der Waals surface area contributed by atoms with E-state index in [4.69, 9.17) is 0 Å². The summed E-state index contributed by atoms with van der Waals surface area (Å²) in [4.78, 5) is 22.5. The summed E-state index contributed by atoms with van der Waals surface area (Å²) in [7, 11) is 0. The van der Waals surface area contributed by atoms with Crippen molar-refractivity contribution in [1.29, 1.82) is 0 Å². The summed E-state index contributed by atoms with van der Waals surface area (Å²) >= 11 is 0. The van der Waals surface area contributed by atoms with Gasteiger partial charge in [0.15, 0.2) is 0 Å². The van der Waals surface area contributed by atoms with Gasteiger partial charge in [-0.1, -0.05) is 18.2 Å². The molecule has 0 saturated carbocycles. The van der Waals surface area contributed by atoms with Crippen LogP contribution in [0.5, 0.6) is 0 Å². The highest BCUT2D eigenvalue weighted by molar-refractivity contribution is 5.93. The van der Waals surface area contributed by atoms with Crippen LogP contribution in [0.25, 0.3) is 5.69 Å². The van der Waals surface area contributed by atoms with Crippen LogP contribution in [0.1, 0.15) is 17.3 Å². The molecule has 0 atom stereocenters. The van der Waals surface area contributed by atoms with E-state index in [1.807, 2.05) is 30.3 Å². The van der Waals surface area contributed by atoms with Crippen LogP contribution >= 0.6 is 0 Å². The van der Waals surface area contributed by atoms with Crippen LogP contribution in [0.4, 0.5) is 0 Å². The Balaban J connectivity index is 1.92. The summed E-state index contributed by atoms with van der Waals surface area (Å²) in [6.07, 6.45) is 3.18. The molecule has 0 aliphatic heterocycles. The van der Waals surface area contributed by atoms with Gasteiger partial charge >= 0.3 is 0 Å². The fourth-order valence-corrected chi connectivity index (χ4v) is 1.68. The van der Waals surface area contributed by atoms with E-state index in [9.17, 15) is 9.59 Å². The van der Waals surface area contributed by atoms with E-state index < -0.39 is 0 Å². The molecular weight excluding hydrogens is 256 g/mol. The molecule has 6 nitrogen and oxygen atoms in total. The lowest BCUT2D eigenvalue weighted by molar-refractivity contribution is -0.118. The fourth-order valence-electron chi connectivity index (χ4n) is 1.68. The number of nitrogens with one attached hydrogen (secondary N) is 2. The minimum Gasteiger partial charge on any atom is -0.355 e. The first-order valence-electron chi connectivity index (χ1n) is 6.29. The Bertz CT molecular complexity index is 592. The minimum absolute atomic E-state index is 0.115. The van der Waals surface area contributed by atoms with Gasteiger partial charge in [0, 0.05) is 26.2 Å². The van der Waals surface area contributed by atoms with Crippen LogP contribution in [-0.2, 0) is 4.79 Å². The summed E-state index contributed by atoms with van der Waals surface area (Å²) in [6.45, 7) is 2.23. The summed E-state index contributed by atoms with van der Waals surface area (Å²) in [5.74, 6) is -0.325. The van der Waals surface area contributed by atoms with E-state index in [0.29, 0.717) is 18.7 Å². The Morgan fingerprint density at radius 1 is 1.15 bits per heavy atom. The molecule has 0 aliphatic rings. The first kappa shape index (κ1) is 13.8. The van der Waals surface area contributed by atoms with Crippen molar-refractivity contribution in [2.75, 3.05) is 13.1 Å². The second kappa shape index (κ2) is 6.51. The number of hydrogen-bond acceptors (Lipinski definition) is 3. The molecule has 0 radical (unpaired) electrons. The first-order valence-corrected chi connectivity index (χ1v) is 6.29. The zero-order valence-corrected chi connectivity index (χ0v) is 11.2. The molecule has 1 aromatic heterocycles. The third kappa shape index (κ3) is 3.68. The molecule has 2 amide bonds. The highest BCUT2D eigenvalue weighted by Crippen LogP contribution is 2.07. The number of amides is 2. The van der Waals surface area contributed by atoms with Gasteiger partial charge in [-0.3, -0.25) is 9.59 Å². The van der Waals surface area contributed by atoms with Crippen LogP contribution < -0.4 is 10.6 Å². The lowest BCUT2D eigenvalue weighted by Gasteiger charge is -2.03. The molecule has 0 bridgehead atoms. The van der Waals surface area contributed by atoms with Crippen LogP contribution in [0.2, 0.25) is 0 Å². The smallest absolute Gasteiger partial charge is 0.254 e. The molecule has 0 spiro atoms. The van der Waals surface area contributed by atoms with Gasteiger partial charge in [-0.15, -0.1) is 0 Å². The van der Waals surface area contributed by atoms with Crippen molar-refractivity contribution in [2.24, 2.45) is 0 Å². The predicted octanol–water partition coefficient (Wildman–Crippen LogP) is 0.738. The molecule has 1 aromatic carbocycles. The number of carbonyl (C=O) groups is 2. The molecule has 0 unspecified atom stereocenters. The SMILES string of the molecule is CC(=O)NCCNC(=O)c1cnn(-c2ccccc2)c1. The Hall–Kier alpha value is -2.63. The maximum atomic E-state index is 11.9. The topological polar surface area (TPSA) is 76.0 Å². The minimum atomic E-state index is -0.211. The van der Waals surface area contributed by atoms with E-state index >= 15 is 0 Å². The molecule has 2 aromatic rings. The Labute approximate surface area is 116 Å². The molecule has 104 valence electrons. The van der Waals surface area contributed by atoms with Gasteiger partial charge in [-0.25, -0.2) is 4.68 Å². The average molecular weight is 272 g/mol. The van der Waals surface area contributed by atoms with Gasteiger partial charge in [-0.05, 0) is 12.1 Å². The number of nitrogens with zero attached hydrogens (tertiary/aromatic N) is 2. The summed E-state index contributed by atoms with van der Waals surface area (Å²) < 4.78 is 1.64.